The molecule has 3 aliphatic carbocycles. The van der Waals surface area contributed by atoms with Crippen LogP contribution in [0.4, 0.5) is 32.0 Å². The molecule has 4 aliphatic rings. The minimum atomic E-state index is -4.80. The number of alkyl halides is 5. The van der Waals surface area contributed by atoms with Gasteiger partial charge in [-0.25, -0.2) is 12.8 Å². The van der Waals surface area contributed by atoms with Gasteiger partial charge in [0, 0.05) is 18.2 Å². The third-order valence-corrected chi connectivity index (χ3v) is 10.8. The lowest BCUT2D eigenvalue weighted by Gasteiger charge is -2.71. The zero-order valence-corrected chi connectivity index (χ0v) is 25.3. The summed E-state index contributed by atoms with van der Waals surface area (Å²) in [5.41, 5.74) is -1.70. The number of sulfonamides is 1. The summed E-state index contributed by atoms with van der Waals surface area (Å²) >= 11 is 0. The third-order valence-electron chi connectivity index (χ3n) is 8.98. The molecule has 246 valence electrons. The van der Waals surface area contributed by atoms with Gasteiger partial charge in [-0.1, -0.05) is 12.1 Å². The largest absolute Gasteiger partial charge is 0.485 e. The van der Waals surface area contributed by atoms with Gasteiger partial charge in [0.2, 0.25) is 0 Å². The molecule has 0 radical (unpaired) electrons. The van der Waals surface area contributed by atoms with Crippen molar-refractivity contribution in [3.8, 4) is 22.6 Å². The van der Waals surface area contributed by atoms with Crippen LogP contribution in [0.25, 0.3) is 11.1 Å². The highest BCUT2D eigenvalue weighted by atomic mass is 32.2. The highest BCUT2D eigenvalue weighted by molar-refractivity contribution is 7.92. The number of carbonyl (C=O) groups excluding carboxylic acids is 1. The van der Waals surface area contributed by atoms with E-state index < -0.39 is 56.4 Å². The van der Waals surface area contributed by atoms with E-state index in [1.165, 1.54) is 25.3 Å². The molecule has 3 aromatic rings. The molecule has 2 bridgehead atoms. The number of likely N-dealkylation sites (N-methyl/N-ethyl adjacent to an activating group) is 1. The molecule has 0 aromatic heterocycles. The summed E-state index contributed by atoms with van der Waals surface area (Å²) in [7, 11) is -1.46. The molecule has 1 heterocycles. The van der Waals surface area contributed by atoms with Gasteiger partial charge in [0.25, 0.3) is 10.0 Å². The third kappa shape index (κ3) is 5.52. The fraction of sp³-hybridized carbons (Fsp3) is 0.387. The van der Waals surface area contributed by atoms with Crippen LogP contribution in [0.3, 0.4) is 0 Å². The Labute approximate surface area is 260 Å². The van der Waals surface area contributed by atoms with E-state index >= 15 is 0 Å². The molecule has 7 rings (SSSR count). The average molecular weight is 671 g/mol. The van der Waals surface area contributed by atoms with Gasteiger partial charge in [-0.3, -0.25) is 14.0 Å². The molecule has 46 heavy (non-hydrogen) atoms. The highest BCUT2D eigenvalue weighted by Crippen LogP contribution is 2.70. The second-order valence-electron chi connectivity index (χ2n) is 11.9. The maximum Gasteiger partial charge on any atom is 0.416 e. The molecule has 0 spiro atoms. The number of benzene rings is 3. The molecule has 3 saturated carbocycles. The first-order valence-electron chi connectivity index (χ1n) is 14.1. The number of fused-ring (bicyclic) bond motifs is 1. The van der Waals surface area contributed by atoms with Crippen LogP contribution in [0.2, 0.25) is 0 Å². The van der Waals surface area contributed by atoms with Gasteiger partial charge < -0.3 is 14.2 Å². The lowest BCUT2D eigenvalue weighted by Crippen LogP contribution is -2.77. The van der Waals surface area contributed by atoms with Gasteiger partial charge in [-0.05, 0) is 79.9 Å². The van der Waals surface area contributed by atoms with E-state index in [0.717, 1.165) is 40.7 Å². The minimum Gasteiger partial charge on any atom is -0.485 e. The van der Waals surface area contributed by atoms with Crippen molar-refractivity contribution in [3.05, 3.63) is 72.0 Å². The fourth-order valence-electron chi connectivity index (χ4n) is 6.75. The number of rotatable bonds is 9. The standard InChI is InChI=1S/C31H28F6N2O6S/c1-38(30-15-29(16-30,17-30)27(40)43-2)13-23-14-39(46(41,42)24-5-3-4-20(11-24)31(35,36)37)25-10-18(6-7-26(25)44-23)19-8-21(32)12-22(9-19)45-28(33)34/h3-12,23,28H,13-17H2,1-2H3/t23-,29?,30?/m0/s1. The Bertz CT molecular complexity index is 1780. The normalized spacial score (nSPS) is 23.7. The molecule has 15 heteroatoms. The van der Waals surface area contributed by atoms with Crippen LogP contribution in [-0.4, -0.2) is 64.8 Å². The lowest BCUT2D eigenvalue weighted by molar-refractivity contribution is -0.231. The average Bonchev–Trinajstić information content (AvgIpc) is 2.94. The number of hydrogen-bond acceptors (Lipinski definition) is 7. The summed E-state index contributed by atoms with van der Waals surface area (Å²) in [6, 6.07) is 10.5. The van der Waals surface area contributed by atoms with Crippen LogP contribution < -0.4 is 13.8 Å². The maximum atomic E-state index is 14.3. The molecule has 1 atom stereocenters. The van der Waals surface area contributed by atoms with Gasteiger partial charge in [-0.15, -0.1) is 0 Å². The van der Waals surface area contributed by atoms with Crippen LogP contribution in [0.1, 0.15) is 24.8 Å². The van der Waals surface area contributed by atoms with Crippen molar-refractivity contribution in [3.63, 3.8) is 0 Å². The highest BCUT2D eigenvalue weighted by Gasteiger charge is 2.73. The summed E-state index contributed by atoms with van der Waals surface area (Å²) in [5, 5.41) is 0. The lowest BCUT2D eigenvalue weighted by atomic mass is 9.39. The van der Waals surface area contributed by atoms with Gasteiger partial charge in [0.1, 0.15) is 23.4 Å². The van der Waals surface area contributed by atoms with E-state index in [-0.39, 0.29) is 47.2 Å². The maximum absolute atomic E-state index is 14.3. The van der Waals surface area contributed by atoms with Crippen molar-refractivity contribution in [2.75, 3.05) is 31.6 Å². The monoisotopic (exact) mass is 670 g/mol. The van der Waals surface area contributed by atoms with Crippen LogP contribution in [-0.2, 0) is 25.7 Å². The van der Waals surface area contributed by atoms with E-state index in [2.05, 4.69) is 4.74 Å². The predicted molar refractivity (Wildman–Crippen MR) is 153 cm³/mol. The fourth-order valence-corrected chi connectivity index (χ4v) is 8.29. The smallest absolute Gasteiger partial charge is 0.416 e. The van der Waals surface area contributed by atoms with E-state index in [4.69, 9.17) is 9.47 Å². The molecular formula is C31H28F6N2O6S. The van der Waals surface area contributed by atoms with Crippen LogP contribution >= 0.6 is 0 Å². The second-order valence-corrected chi connectivity index (χ2v) is 13.8. The Morgan fingerprint density at radius 2 is 1.78 bits per heavy atom. The van der Waals surface area contributed by atoms with Gasteiger partial charge in [0.05, 0.1) is 35.2 Å². The Hall–Kier alpha value is -3.98. The van der Waals surface area contributed by atoms with Crippen LogP contribution in [0.15, 0.2) is 65.6 Å². The number of methoxy groups -OCH3 is 1. The summed E-state index contributed by atoms with van der Waals surface area (Å²) in [4.78, 5) is 13.6. The summed E-state index contributed by atoms with van der Waals surface area (Å²) in [5.74, 6) is -1.53. The van der Waals surface area contributed by atoms with Crippen molar-refractivity contribution in [2.45, 2.75) is 48.6 Å². The number of ether oxygens (including phenoxy) is 3. The van der Waals surface area contributed by atoms with Crippen molar-refractivity contribution < 1.29 is 53.8 Å². The topological polar surface area (TPSA) is 85.4 Å². The van der Waals surface area contributed by atoms with E-state index in [0.29, 0.717) is 25.3 Å². The molecule has 3 aromatic carbocycles. The van der Waals surface area contributed by atoms with Crippen LogP contribution in [0.5, 0.6) is 11.5 Å². The molecule has 0 amide bonds. The SMILES string of the molecule is COC(=O)C12CC(N(C)C[C@H]3CN(S(=O)(=O)c4cccc(C(F)(F)F)c4)c4cc(-c5cc(F)cc(OC(F)F)c5)ccc4O3)(C1)C2. The number of hydrogen-bond donors (Lipinski definition) is 0. The van der Waals surface area contributed by atoms with E-state index in [9.17, 15) is 39.6 Å². The molecule has 3 fully saturated rings. The van der Waals surface area contributed by atoms with Crippen molar-refractivity contribution in [2.24, 2.45) is 5.41 Å². The van der Waals surface area contributed by atoms with Gasteiger partial charge >= 0.3 is 18.8 Å². The van der Waals surface area contributed by atoms with Crippen molar-refractivity contribution >= 4 is 21.7 Å². The molecule has 0 saturated heterocycles. The zero-order valence-electron chi connectivity index (χ0n) is 24.5. The van der Waals surface area contributed by atoms with E-state index in [1.807, 2.05) is 11.9 Å². The number of carbonyl (C=O) groups is 1. The van der Waals surface area contributed by atoms with Crippen LogP contribution in [0, 0.1) is 11.2 Å². The minimum absolute atomic E-state index is 0.0374. The van der Waals surface area contributed by atoms with Gasteiger partial charge in [0.15, 0.2) is 0 Å². The molecular weight excluding hydrogens is 642 g/mol. The Balaban J connectivity index is 1.35. The number of anilines is 1. The first kappa shape index (κ1) is 32.0. The molecule has 1 aliphatic heterocycles. The van der Waals surface area contributed by atoms with Crippen molar-refractivity contribution in [1.29, 1.82) is 0 Å². The first-order chi connectivity index (χ1) is 21.5. The molecule has 0 N–H and O–H groups in total. The summed E-state index contributed by atoms with van der Waals surface area (Å²) < 4.78 is 125. The first-order valence-corrected chi connectivity index (χ1v) is 15.6. The predicted octanol–water partition coefficient (Wildman–Crippen LogP) is 6.10. The van der Waals surface area contributed by atoms with E-state index in [1.54, 1.807) is 0 Å². The Morgan fingerprint density at radius 1 is 1.07 bits per heavy atom. The number of nitrogens with zero attached hydrogens (tertiary/aromatic N) is 2. The quantitative estimate of drug-likeness (QED) is 0.201. The Kier molecular flexibility index (Phi) is 7.70. The number of esters is 1. The number of halogens is 6. The molecule has 0 unspecified atom stereocenters. The molecule has 8 nitrogen and oxygen atoms in total. The Morgan fingerprint density at radius 3 is 2.43 bits per heavy atom. The van der Waals surface area contributed by atoms with Gasteiger partial charge in [-0.2, -0.15) is 22.0 Å². The summed E-state index contributed by atoms with van der Waals surface area (Å²) in [6.07, 6.45) is -3.84. The second kappa shape index (κ2) is 11.1. The van der Waals surface area contributed by atoms with Crippen molar-refractivity contribution in [1.82, 2.24) is 4.90 Å². The zero-order chi connectivity index (χ0) is 33.2. The summed E-state index contributed by atoms with van der Waals surface area (Å²) in [6.45, 7) is -3.28.